The summed E-state index contributed by atoms with van der Waals surface area (Å²) in [5, 5.41) is 0. The van der Waals surface area contributed by atoms with Crippen molar-refractivity contribution in [1.82, 2.24) is 0 Å². The van der Waals surface area contributed by atoms with Crippen LogP contribution in [0, 0.1) is 0 Å². The minimum atomic E-state index is -0.534. The first-order valence-corrected chi connectivity index (χ1v) is 7.98. The van der Waals surface area contributed by atoms with E-state index in [2.05, 4.69) is 13.8 Å². The van der Waals surface area contributed by atoms with Gasteiger partial charge in [-0.25, -0.2) is 9.78 Å². The van der Waals surface area contributed by atoms with Gasteiger partial charge in [-0.2, -0.15) is 0 Å². The normalized spacial score (nSPS) is 14.0. The van der Waals surface area contributed by atoms with Crippen LogP contribution in [0.5, 0.6) is 0 Å². The molecule has 0 N–H and O–H groups in total. The third kappa shape index (κ3) is 7.75. The van der Waals surface area contributed by atoms with Gasteiger partial charge in [0.05, 0.1) is 0 Å². The zero-order chi connectivity index (χ0) is 15.4. The number of ketones is 2. The van der Waals surface area contributed by atoms with Crippen molar-refractivity contribution in [3.05, 3.63) is 0 Å². The predicted molar refractivity (Wildman–Crippen MR) is 79.4 cm³/mol. The van der Waals surface area contributed by atoms with E-state index in [1.165, 1.54) is 0 Å². The molecule has 0 saturated carbocycles. The maximum absolute atomic E-state index is 11.8. The fraction of sp³-hybridized carbons (Fsp3) is 0.875. The summed E-state index contributed by atoms with van der Waals surface area (Å²) in [6.45, 7) is 7.77. The molecule has 0 aliphatic carbocycles. The van der Waals surface area contributed by atoms with Gasteiger partial charge in [0.15, 0.2) is 23.8 Å². The Morgan fingerprint density at radius 3 is 1.35 bits per heavy atom. The summed E-state index contributed by atoms with van der Waals surface area (Å²) < 4.78 is 0. The van der Waals surface area contributed by atoms with Crippen molar-refractivity contribution in [2.75, 3.05) is 0 Å². The van der Waals surface area contributed by atoms with Crippen LogP contribution in [-0.2, 0) is 19.4 Å². The number of carbonyl (C=O) groups is 2. The Bertz CT molecular complexity index is 248. The van der Waals surface area contributed by atoms with Crippen LogP contribution in [0.4, 0.5) is 0 Å². The van der Waals surface area contributed by atoms with E-state index in [1.54, 1.807) is 0 Å². The van der Waals surface area contributed by atoms with Crippen molar-refractivity contribution < 1.29 is 19.4 Å². The van der Waals surface area contributed by atoms with Crippen molar-refractivity contribution in [2.24, 2.45) is 0 Å². The Hall–Kier alpha value is -0.740. The molecule has 2 unspecified atom stereocenters. The monoisotopic (exact) mass is 286 g/mol. The van der Waals surface area contributed by atoms with Crippen LogP contribution in [0.3, 0.4) is 0 Å². The Balaban J connectivity index is 4.43. The van der Waals surface area contributed by atoms with E-state index in [0.717, 1.165) is 25.7 Å². The van der Waals surface area contributed by atoms with Crippen LogP contribution in [0.1, 0.15) is 79.1 Å². The molecule has 0 rings (SSSR count). The highest BCUT2D eigenvalue weighted by atomic mass is 17.2. The van der Waals surface area contributed by atoms with Crippen LogP contribution in [0.2, 0.25) is 0 Å². The lowest BCUT2D eigenvalue weighted by Gasteiger charge is -2.19. The van der Waals surface area contributed by atoms with Gasteiger partial charge in [0.1, 0.15) is 0 Å². The maximum Gasteiger partial charge on any atom is 0.164 e. The molecule has 0 heterocycles. The molecule has 0 bridgehead atoms. The molecule has 118 valence electrons. The first-order valence-electron chi connectivity index (χ1n) is 7.98. The van der Waals surface area contributed by atoms with Crippen LogP contribution in [0.25, 0.3) is 0 Å². The van der Waals surface area contributed by atoms with Gasteiger partial charge in [0.25, 0.3) is 0 Å². The summed E-state index contributed by atoms with van der Waals surface area (Å²) in [6.07, 6.45) is 4.95. The van der Waals surface area contributed by atoms with Gasteiger partial charge in [0.2, 0.25) is 0 Å². The molecule has 0 aliphatic heterocycles. The van der Waals surface area contributed by atoms with Gasteiger partial charge >= 0.3 is 0 Å². The topological polar surface area (TPSA) is 52.6 Å². The van der Waals surface area contributed by atoms with E-state index >= 15 is 0 Å². The largest absolute Gasteiger partial charge is 0.297 e. The summed E-state index contributed by atoms with van der Waals surface area (Å²) >= 11 is 0. The van der Waals surface area contributed by atoms with E-state index in [1.807, 2.05) is 13.8 Å². The Morgan fingerprint density at radius 1 is 0.750 bits per heavy atom. The smallest absolute Gasteiger partial charge is 0.164 e. The number of hydrogen-bond acceptors (Lipinski definition) is 4. The Kier molecular flexibility index (Phi) is 11.6. The zero-order valence-corrected chi connectivity index (χ0v) is 13.4. The first-order chi connectivity index (χ1) is 9.60. The van der Waals surface area contributed by atoms with Gasteiger partial charge in [0, 0.05) is 12.8 Å². The van der Waals surface area contributed by atoms with Crippen molar-refractivity contribution in [2.45, 2.75) is 91.3 Å². The van der Waals surface area contributed by atoms with Crippen molar-refractivity contribution in [1.29, 1.82) is 0 Å². The van der Waals surface area contributed by atoms with Crippen LogP contribution >= 0.6 is 0 Å². The molecule has 20 heavy (non-hydrogen) atoms. The first kappa shape index (κ1) is 19.3. The van der Waals surface area contributed by atoms with E-state index in [-0.39, 0.29) is 11.6 Å². The molecule has 4 nitrogen and oxygen atoms in total. The second kappa shape index (κ2) is 12.0. The molecule has 0 aromatic heterocycles. The number of Topliss-reactive ketones (excluding diaryl/α,β-unsaturated/α-hetero) is 2. The lowest BCUT2D eigenvalue weighted by atomic mass is 10.1. The number of hydrogen-bond donors (Lipinski definition) is 0. The lowest BCUT2D eigenvalue weighted by molar-refractivity contribution is -0.337. The molecule has 0 amide bonds. The summed E-state index contributed by atoms with van der Waals surface area (Å²) in [5.74, 6) is 0.0771. The SMILES string of the molecule is CCCCC(OOC(CCCC)C(=O)CC)C(=O)CC. The molecular formula is C16H30O4. The molecule has 4 heteroatoms. The standard InChI is InChI=1S/C16H30O4/c1-5-9-11-15(13(17)7-3)19-20-16(12-10-6-2)14(18)8-4/h15-16H,5-12H2,1-4H3. The molecule has 2 atom stereocenters. The fourth-order valence-electron chi connectivity index (χ4n) is 1.89. The second-order valence-electron chi connectivity index (χ2n) is 5.09. The van der Waals surface area contributed by atoms with Crippen molar-refractivity contribution in [3.8, 4) is 0 Å². The zero-order valence-electron chi connectivity index (χ0n) is 13.4. The van der Waals surface area contributed by atoms with Gasteiger partial charge in [-0.15, -0.1) is 0 Å². The van der Waals surface area contributed by atoms with Crippen LogP contribution < -0.4 is 0 Å². The summed E-state index contributed by atoms with van der Waals surface area (Å²) in [6, 6.07) is 0. The molecule has 0 aliphatic rings. The minimum Gasteiger partial charge on any atom is -0.297 e. The van der Waals surface area contributed by atoms with Crippen molar-refractivity contribution in [3.63, 3.8) is 0 Å². The number of unbranched alkanes of at least 4 members (excludes halogenated alkanes) is 2. The summed E-state index contributed by atoms with van der Waals surface area (Å²) in [4.78, 5) is 34.2. The van der Waals surface area contributed by atoms with Gasteiger partial charge in [-0.05, 0) is 12.8 Å². The van der Waals surface area contributed by atoms with Gasteiger partial charge < -0.3 is 0 Å². The molecule has 0 spiro atoms. The summed E-state index contributed by atoms with van der Waals surface area (Å²) in [7, 11) is 0. The fourth-order valence-corrected chi connectivity index (χ4v) is 1.89. The molecular weight excluding hydrogens is 256 g/mol. The van der Waals surface area contributed by atoms with Crippen LogP contribution in [0.15, 0.2) is 0 Å². The lowest BCUT2D eigenvalue weighted by Crippen LogP contribution is -2.30. The highest BCUT2D eigenvalue weighted by Crippen LogP contribution is 2.14. The second-order valence-corrected chi connectivity index (χ2v) is 5.09. The Morgan fingerprint density at radius 2 is 1.10 bits per heavy atom. The third-order valence-corrected chi connectivity index (χ3v) is 3.34. The van der Waals surface area contributed by atoms with E-state index in [4.69, 9.17) is 9.78 Å². The maximum atomic E-state index is 11.8. The van der Waals surface area contributed by atoms with Gasteiger partial charge in [-0.3, -0.25) is 9.59 Å². The molecule has 0 saturated heterocycles. The third-order valence-electron chi connectivity index (χ3n) is 3.34. The van der Waals surface area contributed by atoms with E-state index in [0.29, 0.717) is 25.7 Å². The van der Waals surface area contributed by atoms with Gasteiger partial charge in [-0.1, -0.05) is 53.4 Å². The average molecular weight is 286 g/mol. The molecule has 0 radical (unpaired) electrons. The molecule has 0 aromatic carbocycles. The van der Waals surface area contributed by atoms with E-state index < -0.39 is 12.2 Å². The van der Waals surface area contributed by atoms with Crippen LogP contribution in [-0.4, -0.2) is 23.8 Å². The number of carbonyl (C=O) groups excluding carboxylic acids is 2. The average Bonchev–Trinajstić information content (AvgIpc) is 2.48. The summed E-state index contributed by atoms with van der Waals surface area (Å²) in [5.41, 5.74) is 0. The highest BCUT2D eigenvalue weighted by Gasteiger charge is 2.23. The highest BCUT2D eigenvalue weighted by molar-refractivity contribution is 5.83. The Labute approximate surface area is 123 Å². The minimum absolute atomic E-state index is 0.0386. The predicted octanol–water partition coefficient (Wildman–Crippen LogP) is 4.01. The molecule has 0 aromatic rings. The quantitative estimate of drug-likeness (QED) is 0.379. The van der Waals surface area contributed by atoms with E-state index in [9.17, 15) is 9.59 Å². The number of rotatable bonds is 13. The molecule has 0 fully saturated rings. The van der Waals surface area contributed by atoms with Crippen molar-refractivity contribution >= 4 is 11.6 Å².